The number of phenolic OH excluding ortho intramolecular Hbond substituents is 2. The summed E-state index contributed by atoms with van der Waals surface area (Å²) in [7, 11) is 0. The summed E-state index contributed by atoms with van der Waals surface area (Å²) >= 11 is 0. The van der Waals surface area contributed by atoms with Crippen LogP contribution in [0.2, 0.25) is 0 Å². The van der Waals surface area contributed by atoms with E-state index in [9.17, 15) is 29.4 Å². The van der Waals surface area contributed by atoms with Gasteiger partial charge in [-0.05, 0) is 27.7 Å². The van der Waals surface area contributed by atoms with Crippen molar-refractivity contribution in [2.24, 2.45) is 0 Å². The third kappa shape index (κ3) is 3.22. The molecule has 0 saturated carbocycles. The van der Waals surface area contributed by atoms with Crippen LogP contribution in [0, 0.1) is 6.92 Å². The summed E-state index contributed by atoms with van der Waals surface area (Å²) < 4.78 is 5.73. The molecule has 8 nitrogen and oxygen atoms in total. The Morgan fingerprint density at radius 1 is 1.06 bits per heavy atom. The fraction of sp³-hybridized carbons (Fsp3) is 0.231. The van der Waals surface area contributed by atoms with Gasteiger partial charge in [0.1, 0.15) is 34.0 Å². The van der Waals surface area contributed by atoms with E-state index in [0.717, 1.165) is 6.08 Å². The lowest BCUT2D eigenvalue weighted by Gasteiger charge is -2.29. The highest BCUT2D eigenvalue weighted by molar-refractivity contribution is 6.31. The second kappa shape index (κ2) is 7.98. The van der Waals surface area contributed by atoms with Gasteiger partial charge in [0.05, 0.1) is 17.7 Å². The van der Waals surface area contributed by atoms with Gasteiger partial charge in [-0.1, -0.05) is 30.3 Å². The van der Waals surface area contributed by atoms with E-state index >= 15 is 0 Å². The molecule has 0 bridgehead atoms. The molecule has 0 saturated heterocycles. The number of Topliss-reactive ketones (excluding diaryl/α,β-unsaturated/α-hetero) is 3. The van der Waals surface area contributed by atoms with Gasteiger partial charge < -0.3 is 20.3 Å². The van der Waals surface area contributed by atoms with Crippen molar-refractivity contribution in [2.45, 2.75) is 33.1 Å². The molecule has 0 amide bonds. The Balaban J connectivity index is 1.78. The van der Waals surface area contributed by atoms with Crippen molar-refractivity contribution in [3.05, 3.63) is 75.7 Å². The molecule has 1 atom stereocenters. The first-order chi connectivity index (χ1) is 16.0. The number of benzene rings is 2. The Labute approximate surface area is 195 Å². The summed E-state index contributed by atoms with van der Waals surface area (Å²) in [5, 5.41) is 24.1. The number of carbonyl (C=O) groups is 4. The minimum Gasteiger partial charge on any atom is -0.507 e. The Hall–Kier alpha value is -4.20. The maximum Gasteiger partial charge on any atom is 0.194 e. The van der Waals surface area contributed by atoms with Gasteiger partial charge in [0, 0.05) is 22.9 Å². The van der Waals surface area contributed by atoms with Gasteiger partial charge >= 0.3 is 0 Å². The highest BCUT2D eigenvalue weighted by Crippen LogP contribution is 2.57. The maximum atomic E-state index is 13.7. The van der Waals surface area contributed by atoms with E-state index in [-0.39, 0.29) is 51.8 Å². The summed E-state index contributed by atoms with van der Waals surface area (Å²) in [5.41, 5.74) is -1.23. The molecule has 2 aromatic rings. The first kappa shape index (κ1) is 23.0. The van der Waals surface area contributed by atoms with Gasteiger partial charge in [-0.3, -0.25) is 19.2 Å². The van der Waals surface area contributed by atoms with Crippen LogP contribution in [-0.2, 0) is 15.0 Å². The third-order valence-electron chi connectivity index (χ3n) is 6.37. The van der Waals surface area contributed by atoms with Crippen LogP contribution < -0.4 is 10.1 Å². The van der Waals surface area contributed by atoms with Crippen LogP contribution in [0.3, 0.4) is 0 Å². The zero-order chi connectivity index (χ0) is 24.9. The molecule has 0 fully saturated rings. The molecule has 0 unspecified atom stereocenters. The number of rotatable bonds is 5. The van der Waals surface area contributed by atoms with E-state index in [4.69, 9.17) is 4.74 Å². The van der Waals surface area contributed by atoms with E-state index in [1.54, 1.807) is 30.3 Å². The molecule has 0 spiro atoms. The largest absolute Gasteiger partial charge is 0.507 e. The smallest absolute Gasteiger partial charge is 0.194 e. The molecule has 8 heteroatoms. The van der Waals surface area contributed by atoms with Gasteiger partial charge in [0.2, 0.25) is 0 Å². The molecule has 2 aliphatic rings. The van der Waals surface area contributed by atoms with Crippen molar-refractivity contribution in [3.8, 4) is 17.2 Å². The second-order valence-corrected chi connectivity index (χ2v) is 8.53. The van der Waals surface area contributed by atoms with Crippen molar-refractivity contribution in [3.63, 3.8) is 0 Å². The number of allylic oxidation sites excluding steroid dienone is 4. The number of hydrogen-bond acceptors (Lipinski definition) is 8. The lowest BCUT2D eigenvalue weighted by molar-refractivity contribution is -0.123. The summed E-state index contributed by atoms with van der Waals surface area (Å²) in [6, 6.07) is 8.59. The molecular formula is C26H23NO7. The Kier molecular flexibility index (Phi) is 5.39. The standard InChI is InChI=1S/C26H23NO7/c1-12-22(31)20(14(3)28)24-21(23(12)32)26(4)18(34-24)10-16(29)19(25(26)33)13(2)27-11-17(30)15-8-6-5-7-9-15/h5-10,27,31-32H,11H2,1-4H3/b19-13+/t26-/m1/s1. The lowest BCUT2D eigenvalue weighted by Crippen LogP contribution is -2.41. The van der Waals surface area contributed by atoms with Gasteiger partial charge in [0.15, 0.2) is 23.1 Å². The van der Waals surface area contributed by atoms with E-state index in [1.807, 2.05) is 0 Å². The predicted octanol–water partition coefficient (Wildman–Crippen LogP) is 3.04. The van der Waals surface area contributed by atoms with Crippen molar-refractivity contribution in [1.29, 1.82) is 0 Å². The molecule has 1 heterocycles. The van der Waals surface area contributed by atoms with Gasteiger partial charge in [-0.15, -0.1) is 0 Å². The van der Waals surface area contributed by atoms with Crippen LogP contribution in [-0.4, -0.2) is 39.9 Å². The highest BCUT2D eigenvalue weighted by Gasteiger charge is 2.56. The zero-order valence-electron chi connectivity index (χ0n) is 19.1. The maximum absolute atomic E-state index is 13.7. The monoisotopic (exact) mass is 461 g/mol. The minimum absolute atomic E-state index is 0.0161. The topological polar surface area (TPSA) is 130 Å². The third-order valence-corrected chi connectivity index (χ3v) is 6.37. The van der Waals surface area contributed by atoms with Gasteiger partial charge in [-0.2, -0.15) is 0 Å². The highest BCUT2D eigenvalue weighted by atomic mass is 16.5. The molecule has 3 N–H and O–H groups in total. The fourth-order valence-corrected chi connectivity index (χ4v) is 4.39. The van der Waals surface area contributed by atoms with Crippen LogP contribution >= 0.6 is 0 Å². The van der Waals surface area contributed by atoms with Gasteiger partial charge in [-0.25, -0.2) is 0 Å². The normalized spacial score (nSPS) is 20.2. The van der Waals surface area contributed by atoms with E-state index in [0.29, 0.717) is 5.56 Å². The van der Waals surface area contributed by atoms with Gasteiger partial charge in [0.25, 0.3) is 0 Å². The minimum atomic E-state index is -1.60. The lowest BCUT2D eigenvalue weighted by atomic mass is 9.70. The number of ether oxygens (including phenoxy) is 1. The second-order valence-electron chi connectivity index (χ2n) is 8.53. The summed E-state index contributed by atoms with van der Waals surface area (Å²) in [6.45, 7) is 5.52. The van der Waals surface area contributed by atoms with Crippen LogP contribution in [0.4, 0.5) is 0 Å². The molecule has 174 valence electrons. The molecular weight excluding hydrogens is 438 g/mol. The number of aromatic hydroxyl groups is 2. The van der Waals surface area contributed by atoms with Crippen LogP contribution in [0.5, 0.6) is 17.2 Å². The Morgan fingerprint density at radius 2 is 1.71 bits per heavy atom. The summed E-state index contributed by atoms with van der Waals surface area (Å²) in [6.07, 6.45) is 1.14. The Morgan fingerprint density at radius 3 is 2.32 bits per heavy atom. The molecule has 0 aromatic heterocycles. The zero-order valence-corrected chi connectivity index (χ0v) is 19.1. The van der Waals surface area contributed by atoms with Crippen molar-refractivity contribution in [2.75, 3.05) is 6.54 Å². The number of nitrogens with one attached hydrogen (secondary N) is 1. The van der Waals surface area contributed by atoms with E-state index in [1.165, 1.54) is 27.7 Å². The van der Waals surface area contributed by atoms with E-state index in [2.05, 4.69) is 5.32 Å². The average molecular weight is 461 g/mol. The van der Waals surface area contributed by atoms with Crippen LogP contribution in [0.15, 0.2) is 53.4 Å². The van der Waals surface area contributed by atoms with Crippen molar-refractivity contribution in [1.82, 2.24) is 5.32 Å². The fourth-order valence-electron chi connectivity index (χ4n) is 4.39. The first-order valence-corrected chi connectivity index (χ1v) is 10.6. The average Bonchev–Trinajstić information content (AvgIpc) is 3.09. The van der Waals surface area contributed by atoms with Crippen LogP contribution in [0.1, 0.15) is 52.6 Å². The number of fused-ring (bicyclic) bond motifs is 3. The number of phenols is 2. The number of carbonyl (C=O) groups excluding carboxylic acids is 4. The predicted molar refractivity (Wildman–Crippen MR) is 122 cm³/mol. The molecule has 0 radical (unpaired) electrons. The summed E-state index contributed by atoms with van der Waals surface area (Å²) in [4.78, 5) is 51.3. The molecule has 2 aromatic carbocycles. The number of ketones is 4. The van der Waals surface area contributed by atoms with Crippen molar-refractivity contribution >= 4 is 23.1 Å². The van der Waals surface area contributed by atoms with E-state index < -0.39 is 34.3 Å². The molecule has 4 rings (SSSR count). The van der Waals surface area contributed by atoms with Crippen molar-refractivity contribution < 1.29 is 34.1 Å². The quantitative estimate of drug-likeness (QED) is 0.352. The van der Waals surface area contributed by atoms with Crippen LogP contribution in [0.25, 0.3) is 0 Å². The number of hydrogen-bond donors (Lipinski definition) is 3. The molecule has 34 heavy (non-hydrogen) atoms. The first-order valence-electron chi connectivity index (χ1n) is 10.6. The Bertz CT molecular complexity index is 1350. The SMILES string of the molecule is CC(=O)c1c(O)c(C)c(O)c2c1OC1=CC(=O)/C(=C(/C)NCC(=O)c3ccccc3)C(=O)[C@]12C. The molecule has 1 aliphatic heterocycles. The molecule has 1 aliphatic carbocycles. The summed E-state index contributed by atoms with van der Waals surface area (Å²) in [5.74, 6) is -3.05.